The van der Waals surface area contributed by atoms with Crippen molar-refractivity contribution in [2.75, 3.05) is 13.1 Å². The quantitative estimate of drug-likeness (QED) is 0.612. The molecule has 1 aromatic carbocycles. The Balaban J connectivity index is 1.60. The topological polar surface area (TPSA) is 66.9 Å². The van der Waals surface area contributed by atoms with Gasteiger partial charge in [-0.2, -0.15) is 0 Å². The summed E-state index contributed by atoms with van der Waals surface area (Å²) in [5, 5.41) is 0.608. The van der Waals surface area contributed by atoms with Gasteiger partial charge >= 0.3 is 5.97 Å². The monoisotopic (exact) mass is 312 g/mol. The first-order chi connectivity index (χ1) is 11.1. The fourth-order valence-corrected chi connectivity index (χ4v) is 3.64. The number of benzene rings is 1. The zero-order valence-corrected chi connectivity index (χ0v) is 12.5. The van der Waals surface area contributed by atoms with Crippen molar-refractivity contribution in [3.63, 3.8) is 0 Å². The number of carbonyl (C=O) groups excluding carboxylic acids is 3. The van der Waals surface area contributed by atoms with E-state index in [-0.39, 0.29) is 11.1 Å². The summed E-state index contributed by atoms with van der Waals surface area (Å²) >= 11 is 0. The molecule has 1 fully saturated rings. The van der Waals surface area contributed by atoms with Crippen LogP contribution in [0.5, 0.6) is 0 Å². The predicted molar refractivity (Wildman–Crippen MR) is 80.3 cm³/mol. The highest BCUT2D eigenvalue weighted by Gasteiger charge is 2.51. The van der Waals surface area contributed by atoms with Crippen molar-refractivity contribution in [1.29, 1.82) is 0 Å². The molecule has 0 spiro atoms. The van der Waals surface area contributed by atoms with Crippen LogP contribution in [0.25, 0.3) is 0 Å². The van der Waals surface area contributed by atoms with Crippen molar-refractivity contribution in [3.8, 4) is 0 Å². The second-order valence-corrected chi connectivity index (χ2v) is 6.09. The van der Waals surface area contributed by atoms with Crippen LogP contribution in [0.2, 0.25) is 0 Å². The lowest BCUT2D eigenvalue weighted by Crippen LogP contribution is -2.54. The number of nitrogens with zero attached hydrogens (tertiary/aromatic N) is 2. The van der Waals surface area contributed by atoms with Crippen molar-refractivity contribution in [3.05, 3.63) is 47.5 Å². The first kappa shape index (κ1) is 14.1. The summed E-state index contributed by atoms with van der Waals surface area (Å²) in [6, 6.07) is 6.48. The number of fused-ring (bicyclic) bond motifs is 2. The molecule has 3 aliphatic heterocycles. The fourth-order valence-electron chi connectivity index (χ4n) is 3.64. The maximum Gasteiger partial charge on any atom is 0.353 e. The van der Waals surface area contributed by atoms with Crippen LogP contribution in [0, 0.1) is 0 Å². The zero-order valence-electron chi connectivity index (χ0n) is 12.5. The molecule has 1 saturated heterocycles. The third kappa shape index (κ3) is 1.95. The highest BCUT2D eigenvalue weighted by molar-refractivity contribution is 6.21. The van der Waals surface area contributed by atoms with Crippen molar-refractivity contribution in [1.82, 2.24) is 9.96 Å². The molecule has 2 amide bonds. The minimum absolute atomic E-state index is 0.273. The Morgan fingerprint density at radius 3 is 2.48 bits per heavy atom. The summed E-state index contributed by atoms with van der Waals surface area (Å²) in [6.07, 6.45) is 6.12. The highest BCUT2D eigenvalue weighted by Crippen LogP contribution is 2.37. The van der Waals surface area contributed by atoms with E-state index in [0.717, 1.165) is 13.0 Å². The number of carbonyl (C=O) groups is 3. The van der Waals surface area contributed by atoms with Gasteiger partial charge in [-0.15, -0.1) is 0 Å². The van der Waals surface area contributed by atoms with E-state index >= 15 is 0 Å². The molecule has 0 aromatic heterocycles. The molecule has 0 radical (unpaired) electrons. The van der Waals surface area contributed by atoms with Crippen LogP contribution in [-0.4, -0.2) is 46.4 Å². The van der Waals surface area contributed by atoms with Gasteiger partial charge in [0.1, 0.15) is 5.54 Å². The van der Waals surface area contributed by atoms with Gasteiger partial charge in [-0.1, -0.05) is 29.3 Å². The molecule has 6 heteroatoms. The molecule has 0 N–H and O–H groups in total. The smallest absolute Gasteiger partial charge is 0.328 e. The minimum atomic E-state index is -0.746. The zero-order chi connectivity index (χ0) is 16.0. The lowest BCUT2D eigenvalue weighted by Gasteiger charge is -2.37. The van der Waals surface area contributed by atoms with Gasteiger partial charge in [0.25, 0.3) is 11.8 Å². The molecular weight excluding hydrogens is 296 g/mol. The molecule has 3 heterocycles. The Labute approximate surface area is 133 Å². The van der Waals surface area contributed by atoms with Gasteiger partial charge in [0.05, 0.1) is 11.1 Å². The van der Waals surface area contributed by atoms with Gasteiger partial charge in [-0.3, -0.25) is 14.5 Å². The van der Waals surface area contributed by atoms with Crippen molar-refractivity contribution < 1.29 is 19.2 Å². The van der Waals surface area contributed by atoms with E-state index in [4.69, 9.17) is 4.84 Å². The van der Waals surface area contributed by atoms with E-state index < -0.39 is 23.3 Å². The van der Waals surface area contributed by atoms with Gasteiger partial charge in [0.2, 0.25) is 0 Å². The van der Waals surface area contributed by atoms with Gasteiger partial charge in [-0.05, 0) is 37.9 Å². The molecule has 1 unspecified atom stereocenters. The highest BCUT2D eigenvalue weighted by atomic mass is 16.7. The van der Waals surface area contributed by atoms with E-state index in [2.05, 4.69) is 4.90 Å². The number of imide groups is 1. The van der Waals surface area contributed by atoms with Crippen LogP contribution in [-0.2, 0) is 9.63 Å². The van der Waals surface area contributed by atoms with E-state index in [1.807, 2.05) is 12.2 Å². The molecule has 0 saturated carbocycles. The number of hydrogen-bond acceptors (Lipinski definition) is 5. The standard InChI is InChI=1S/C17H16N2O4/c20-14-12-6-1-2-7-13(12)15(21)19(14)23-16(22)17-8-3-4-10-18(17)11-5-9-17/h1-4,6-7H,5,8-11H2. The van der Waals surface area contributed by atoms with E-state index in [9.17, 15) is 14.4 Å². The molecule has 1 aromatic rings. The second-order valence-electron chi connectivity index (χ2n) is 6.09. The van der Waals surface area contributed by atoms with Crippen LogP contribution >= 0.6 is 0 Å². The summed E-state index contributed by atoms with van der Waals surface area (Å²) in [6.45, 7) is 1.51. The van der Waals surface area contributed by atoms with E-state index in [0.29, 0.717) is 24.4 Å². The van der Waals surface area contributed by atoms with Crippen molar-refractivity contribution >= 4 is 17.8 Å². The molecule has 3 aliphatic rings. The molecule has 0 bridgehead atoms. The molecule has 6 nitrogen and oxygen atoms in total. The minimum Gasteiger partial charge on any atom is -0.328 e. The maximum absolute atomic E-state index is 12.8. The van der Waals surface area contributed by atoms with Gasteiger partial charge in [0, 0.05) is 6.54 Å². The average molecular weight is 312 g/mol. The molecule has 118 valence electrons. The first-order valence-corrected chi connectivity index (χ1v) is 7.74. The van der Waals surface area contributed by atoms with Crippen LogP contribution < -0.4 is 0 Å². The Morgan fingerprint density at radius 1 is 1.09 bits per heavy atom. The fraction of sp³-hybridized carbons (Fsp3) is 0.353. The summed E-state index contributed by atoms with van der Waals surface area (Å²) < 4.78 is 0. The van der Waals surface area contributed by atoms with Crippen LogP contribution in [0.4, 0.5) is 0 Å². The predicted octanol–water partition coefficient (Wildman–Crippen LogP) is 1.54. The normalized spacial score (nSPS) is 26.3. The van der Waals surface area contributed by atoms with Crippen molar-refractivity contribution in [2.24, 2.45) is 0 Å². The first-order valence-electron chi connectivity index (χ1n) is 7.74. The number of hydrogen-bond donors (Lipinski definition) is 0. The Hall–Kier alpha value is -2.47. The summed E-state index contributed by atoms with van der Waals surface area (Å²) in [5.74, 6) is -1.67. The second kappa shape index (κ2) is 5.03. The SMILES string of the molecule is O=C1c2ccccc2C(=O)N1OC(=O)C12CC=CCN1CCC2. The lowest BCUT2D eigenvalue weighted by atomic mass is 9.90. The van der Waals surface area contributed by atoms with Crippen molar-refractivity contribution in [2.45, 2.75) is 24.8 Å². The summed E-state index contributed by atoms with van der Waals surface area (Å²) in [4.78, 5) is 44.7. The average Bonchev–Trinajstić information content (AvgIpc) is 3.12. The summed E-state index contributed by atoms with van der Waals surface area (Å²) in [7, 11) is 0. The third-order valence-corrected chi connectivity index (χ3v) is 4.88. The number of rotatable bonds is 2. The van der Waals surface area contributed by atoms with Gasteiger partial charge < -0.3 is 4.84 Å². The largest absolute Gasteiger partial charge is 0.353 e. The van der Waals surface area contributed by atoms with Crippen LogP contribution in [0.1, 0.15) is 40.0 Å². The van der Waals surface area contributed by atoms with Crippen LogP contribution in [0.3, 0.4) is 0 Å². The molecular formula is C17H16N2O4. The van der Waals surface area contributed by atoms with E-state index in [1.165, 1.54) is 0 Å². The molecule has 4 rings (SSSR count). The molecule has 0 aliphatic carbocycles. The maximum atomic E-state index is 12.8. The van der Waals surface area contributed by atoms with Gasteiger partial charge in [-0.25, -0.2) is 4.79 Å². The lowest BCUT2D eigenvalue weighted by molar-refractivity contribution is -0.181. The molecule has 1 atom stereocenters. The van der Waals surface area contributed by atoms with Gasteiger partial charge in [0.15, 0.2) is 0 Å². The number of hydroxylamine groups is 2. The third-order valence-electron chi connectivity index (χ3n) is 4.88. The Kier molecular flexibility index (Phi) is 3.09. The summed E-state index contributed by atoms with van der Waals surface area (Å²) in [5.41, 5.74) is -0.200. The van der Waals surface area contributed by atoms with E-state index in [1.54, 1.807) is 24.3 Å². The Bertz CT molecular complexity index is 707. The molecule has 23 heavy (non-hydrogen) atoms. The Morgan fingerprint density at radius 2 is 1.78 bits per heavy atom. The number of amides is 2. The van der Waals surface area contributed by atoms with Crippen LogP contribution in [0.15, 0.2) is 36.4 Å².